The largest absolute Gasteiger partial charge is 0.291 e. The van der Waals surface area contributed by atoms with Gasteiger partial charge in [0.05, 0.1) is 0 Å². The maximum Gasteiger partial charge on any atom is 0.0314 e. The molecule has 0 aromatic carbocycles. The molecule has 1 nitrogen and oxygen atoms in total. The molecule has 0 aromatic rings. The average Bonchev–Trinajstić information content (AvgIpc) is 2.01. The second kappa shape index (κ2) is 6.23. The Kier molecular flexibility index (Phi) is 5.67. The Labute approximate surface area is 87.8 Å². The predicted molar refractivity (Wildman–Crippen MR) is 64.0 cm³/mol. The van der Waals surface area contributed by atoms with E-state index in [4.69, 9.17) is 6.42 Å². The van der Waals surface area contributed by atoms with Crippen LogP contribution < -0.4 is 0 Å². The van der Waals surface area contributed by atoms with Gasteiger partial charge in [-0.2, -0.15) is 0 Å². The van der Waals surface area contributed by atoms with Crippen LogP contribution in [0.2, 0.25) is 0 Å². The summed E-state index contributed by atoms with van der Waals surface area (Å²) in [5.41, 5.74) is 3.04. The molecule has 0 amide bonds. The minimum absolute atomic E-state index is 0.718. The van der Waals surface area contributed by atoms with Crippen molar-refractivity contribution >= 4 is 0 Å². The van der Waals surface area contributed by atoms with Crippen molar-refractivity contribution < 1.29 is 0 Å². The molecule has 0 aliphatic rings. The third-order valence-electron chi connectivity index (χ3n) is 1.61. The van der Waals surface area contributed by atoms with E-state index in [-0.39, 0.29) is 0 Å². The van der Waals surface area contributed by atoms with Gasteiger partial charge in [-0.25, -0.2) is 0 Å². The lowest BCUT2D eigenvalue weighted by Crippen LogP contribution is -2.28. The normalized spacial score (nSPS) is 9.57. The topological polar surface area (TPSA) is 3.24 Å². The predicted octanol–water partition coefficient (Wildman–Crippen LogP) is 2.63. The first kappa shape index (κ1) is 12.7. The molecule has 14 heavy (non-hydrogen) atoms. The van der Waals surface area contributed by atoms with Crippen LogP contribution in [0.3, 0.4) is 0 Å². The van der Waals surface area contributed by atoms with Gasteiger partial charge in [-0.05, 0) is 13.8 Å². The zero-order valence-corrected chi connectivity index (χ0v) is 9.27. The summed E-state index contributed by atoms with van der Waals surface area (Å²) < 4.78 is 0. The first-order valence-corrected chi connectivity index (χ1v) is 4.61. The fourth-order valence-corrected chi connectivity index (χ4v) is 1.25. The molecule has 0 aromatic heterocycles. The lowest BCUT2D eigenvalue weighted by atomic mass is 10.2. The van der Waals surface area contributed by atoms with Gasteiger partial charge in [0.15, 0.2) is 0 Å². The van der Waals surface area contributed by atoms with Crippen LogP contribution in [-0.4, -0.2) is 24.5 Å². The molecule has 0 fully saturated rings. The van der Waals surface area contributed by atoms with E-state index in [0.29, 0.717) is 0 Å². The number of hydrogen-bond donors (Lipinski definition) is 0. The fourth-order valence-electron chi connectivity index (χ4n) is 1.25. The van der Waals surface area contributed by atoms with E-state index in [9.17, 15) is 0 Å². The van der Waals surface area contributed by atoms with Crippen LogP contribution in [0.1, 0.15) is 13.8 Å². The van der Waals surface area contributed by atoms with Gasteiger partial charge in [0.1, 0.15) is 0 Å². The van der Waals surface area contributed by atoms with Crippen molar-refractivity contribution in [2.45, 2.75) is 13.8 Å². The molecular formula is C13H19N. The molecule has 0 unspecified atom stereocenters. The van der Waals surface area contributed by atoms with Gasteiger partial charge in [-0.15, -0.1) is 6.42 Å². The highest BCUT2D eigenvalue weighted by Gasteiger charge is 2.05. The Morgan fingerprint density at radius 3 is 1.79 bits per heavy atom. The van der Waals surface area contributed by atoms with Gasteiger partial charge in [-0.1, -0.05) is 36.8 Å². The molecule has 0 atom stereocenters. The Morgan fingerprint density at radius 1 is 1.07 bits per heavy atom. The van der Waals surface area contributed by atoms with Crippen LogP contribution in [0, 0.1) is 12.3 Å². The van der Waals surface area contributed by atoms with Crippen LogP contribution in [0.25, 0.3) is 0 Å². The van der Waals surface area contributed by atoms with E-state index in [1.54, 1.807) is 0 Å². The molecule has 1 heteroatoms. The molecule has 0 spiro atoms. The zero-order valence-electron chi connectivity index (χ0n) is 9.27. The van der Waals surface area contributed by atoms with E-state index < -0.39 is 0 Å². The summed E-state index contributed by atoms with van der Waals surface area (Å²) in [6.07, 6.45) is 5.26. The van der Waals surface area contributed by atoms with Crippen LogP contribution in [0.5, 0.6) is 0 Å². The zero-order chi connectivity index (χ0) is 11.1. The number of hydrogen-bond acceptors (Lipinski definition) is 1. The summed E-state index contributed by atoms with van der Waals surface area (Å²) in [7, 11) is 0. The molecule has 0 heterocycles. The maximum absolute atomic E-state index is 5.26. The second-order valence-corrected chi connectivity index (χ2v) is 3.81. The van der Waals surface area contributed by atoms with Gasteiger partial charge >= 0.3 is 0 Å². The van der Waals surface area contributed by atoms with E-state index >= 15 is 0 Å². The molecule has 76 valence electrons. The quantitative estimate of drug-likeness (QED) is 0.458. The fraction of sp³-hybridized carbons (Fsp3) is 0.385. The van der Waals surface area contributed by atoms with Crippen molar-refractivity contribution in [3.8, 4) is 12.3 Å². The van der Waals surface area contributed by atoms with Crippen LogP contribution in [0.4, 0.5) is 0 Å². The lowest BCUT2D eigenvalue weighted by molar-refractivity contribution is 0.352. The highest BCUT2D eigenvalue weighted by atomic mass is 15.1. The van der Waals surface area contributed by atoms with Gasteiger partial charge in [0, 0.05) is 25.2 Å². The van der Waals surface area contributed by atoms with Crippen LogP contribution in [0.15, 0.2) is 36.5 Å². The van der Waals surface area contributed by atoms with Gasteiger partial charge < -0.3 is 0 Å². The number of nitrogens with zero attached hydrogens (tertiary/aromatic N) is 1. The summed E-state index contributed by atoms with van der Waals surface area (Å²) >= 11 is 0. The van der Waals surface area contributed by atoms with Gasteiger partial charge in [0.2, 0.25) is 0 Å². The third-order valence-corrected chi connectivity index (χ3v) is 1.61. The maximum atomic E-state index is 5.26. The van der Waals surface area contributed by atoms with E-state index in [2.05, 4.69) is 30.6 Å². The average molecular weight is 189 g/mol. The Balaban J connectivity index is 4.25. The van der Waals surface area contributed by atoms with Crippen LogP contribution >= 0.6 is 0 Å². The summed E-state index contributed by atoms with van der Waals surface area (Å²) in [6.45, 7) is 18.0. The first-order chi connectivity index (χ1) is 6.45. The molecule has 0 saturated carbocycles. The van der Waals surface area contributed by atoms with Gasteiger partial charge in [0.25, 0.3) is 0 Å². The molecule has 0 rings (SSSR count). The third kappa shape index (κ3) is 6.28. The second-order valence-electron chi connectivity index (χ2n) is 3.81. The van der Waals surface area contributed by atoms with Crippen molar-refractivity contribution in [1.82, 2.24) is 4.90 Å². The number of terminal acetylenes is 1. The molecular weight excluding hydrogens is 170 g/mol. The molecule has 0 N–H and O–H groups in total. The lowest BCUT2D eigenvalue weighted by Gasteiger charge is -2.22. The van der Waals surface area contributed by atoms with Crippen LogP contribution in [-0.2, 0) is 0 Å². The van der Waals surface area contributed by atoms with E-state index in [1.165, 1.54) is 0 Å². The Morgan fingerprint density at radius 2 is 1.50 bits per heavy atom. The van der Waals surface area contributed by atoms with Crippen molar-refractivity contribution in [1.29, 1.82) is 0 Å². The standard InChI is InChI=1S/C13H19N/c1-7-13(6)10-14(8-11(2)3)9-12(4)5/h1H,2,4,6,8-10H2,3,5H3. The summed E-state index contributed by atoms with van der Waals surface area (Å²) in [6, 6.07) is 0. The highest BCUT2D eigenvalue weighted by Crippen LogP contribution is 2.03. The van der Waals surface area contributed by atoms with Crippen molar-refractivity contribution in [2.24, 2.45) is 0 Å². The Bertz CT molecular complexity index is 262. The van der Waals surface area contributed by atoms with Crippen molar-refractivity contribution in [3.05, 3.63) is 36.5 Å². The molecule has 0 radical (unpaired) electrons. The summed E-state index contributed by atoms with van der Waals surface area (Å²) in [4.78, 5) is 2.19. The first-order valence-electron chi connectivity index (χ1n) is 4.61. The minimum atomic E-state index is 0.718. The SMILES string of the molecule is C#CC(=C)CN(CC(=C)C)CC(=C)C. The highest BCUT2D eigenvalue weighted by molar-refractivity contribution is 5.23. The monoisotopic (exact) mass is 189 g/mol. The molecule has 0 aliphatic heterocycles. The van der Waals surface area contributed by atoms with E-state index in [0.717, 1.165) is 36.4 Å². The van der Waals surface area contributed by atoms with Crippen molar-refractivity contribution in [3.63, 3.8) is 0 Å². The van der Waals surface area contributed by atoms with Gasteiger partial charge in [-0.3, -0.25) is 4.90 Å². The summed E-state index contributed by atoms with van der Waals surface area (Å²) in [5.74, 6) is 2.55. The molecule has 0 aliphatic carbocycles. The molecule has 0 bridgehead atoms. The minimum Gasteiger partial charge on any atom is -0.291 e. The smallest absolute Gasteiger partial charge is 0.0314 e. The Hall–Kier alpha value is -1.26. The summed E-state index contributed by atoms with van der Waals surface area (Å²) in [5, 5.41) is 0. The van der Waals surface area contributed by atoms with E-state index in [1.807, 2.05) is 13.8 Å². The van der Waals surface area contributed by atoms with Crippen molar-refractivity contribution in [2.75, 3.05) is 19.6 Å². The number of rotatable bonds is 6. The molecule has 0 saturated heterocycles.